The number of amides is 1. The Morgan fingerprint density at radius 2 is 1.93 bits per heavy atom. The van der Waals surface area contributed by atoms with Crippen molar-refractivity contribution in [2.24, 2.45) is 5.92 Å². The molecule has 3 fully saturated rings. The van der Waals surface area contributed by atoms with Crippen LogP contribution in [0.15, 0.2) is 24.5 Å². The fraction of sp³-hybridized carbons (Fsp3) is 0.700. The largest absolute Gasteiger partial charge is 0.379 e. The highest BCUT2D eigenvalue weighted by atomic mass is 32.2. The van der Waals surface area contributed by atoms with Gasteiger partial charge in [-0.1, -0.05) is 12.5 Å². The van der Waals surface area contributed by atoms with Crippen LogP contribution in [0.25, 0.3) is 0 Å². The van der Waals surface area contributed by atoms with Crippen LogP contribution in [0.3, 0.4) is 0 Å². The lowest BCUT2D eigenvalue weighted by Crippen LogP contribution is -2.56. The molecule has 1 atom stereocenters. The lowest BCUT2D eigenvalue weighted by Gasteiger charge is -2.42. The number of ether oxygens (including phenoxy) is 1. The molecule has 1 aromatic rings. The number of hydrogen-bond donors (Lipinski definition) is 0. The van der Waals surface area contributed by atoms with E-state index in [0.29, 0.717) is 45.9 Å². The Hall–Kier alpha value is -1.55. The molecule has 0 N–H and O–H groups in total. The Morgan fingerprint density at radius 1 is 1.14 bits per heavy atom. The Kier molecular flexibility index (Phi) is 6.48. The van der Waals surface area contributed by atoms with Crippen LogP contribution in [0.5, 0.6) is 0 Å². The van der Waals surface area contributed by atoms with Gasteiger partial charge < -0.3 is 9.64 Å². The monoisotopic (exact) mass is 422 g/mol. The average molecular weight is 423 g/mol. The van der Waals surface area contributed by atoms with Crippen molar-refractivity contribution in [2.45, 2.75) is 44.7 Å². The molecule has 2 saturated heterocycles. The number of morpholine rings is 1. The molecule has 1 amide bonds. The first-order chi connectivity index (χ1) is 14.1. The lowest BCUT2D eigenvalue weighted by molar-refractivity contribution is -0.142. The Labute approximate surface area is 173 Å². The van der Waals surface area contributed by atoms with Gasteiger partial charge in [-0.15, -0.1) is 0 Å². The zero-order valence-corrected chi connectivity index (χ0v) is 17.6. The molecule has 1 saturated carbocycles. The van der Waals surface area contributed by atoms with Gasteiger partial charge in [-0.05, 0) is 37.3 Å². The number of piperidine rings is 1. The molecular formula is C20H30N4O4S. The van der Waals surface area contributed by atoms with Crippen LogP contribution >= 0.6 is 0 Å². The second-order valence-corrected chi connectivity index (χ2v) is 10.1. The molecule has 0 bridgehead atoms. The third-order valence-corrected chi connectivity index (χ3v) is 8.24. The van der Waals surface area contributed by atoms with Gasteiger partial charge in [0.15, 0.2) is 0 Å². The van der Waals surface area contributed by atoms with E-state index >= 15 is 0 Å². The zero-order valence-electron chi connectivity index (χ0n) is 16.8. The van der Waals surface area contributed by atoms with E-state index in [9.17, 15) is 13.2 Å². The molecule has 3 aliphatic rings. The smallest absolute Gasteiger partial charge is 0.282 e. The number of nitrogens with zero attached hydrogens (tertiary/aromatic N) is 4. The number of hydrogen-bond acceptors (Lipinski definition) is 5. The second-order valence-electron chi connectivity index (χ2n) is 8.13. The van der Waals surface area contributed by atoms with Crippen molar-refractivity contribution in [3.63, 3.8) is 0 Å². The SMILES string of the molecule is O=C(C1CCC1)N(Cc1cccnc1)C1CCCN(S(=O)(=O)N2CCOCC2)C1. The molecule has 3 heterocycles. The highest BCUT2D eigenvalue weighted by Gasteiger charge is 2.39. The van der Waals surface area contributed by atoms with Crippen molar-refractivity contribution >= 4 is 16.1 Å². The molecule has 0 aromatic carbocycles. The third kappa shape index (κ3) is 4.63. The molecule has 0 radical (unpaired) electrons. The summed E-state index contributed by atoms with van der Waals surface area (Å²) in [5.41, 5.74) is 0.980. The van der Waals surface area contributed by atoms with Crippen LogP contribution in [0.4, 0.5) is 0 Å². The molecule has 4 rings (SSSR count). The first-order valence-electron chi connectivity index (χ1n) is 10.6. The summed E-state index contributed by atoms with van der Waals surface area (Å²) in [7, 11) is -3.53. The van der Waals surface area contributed by atoms with Crippen molar-refractivity contribution in [3.8, 4) is 0 Å². The fourth-order valence-corrected chi connectivity index (χ4v) is 5.95. The van der Waals surface area contributed by atoms with Gasteiger partial charge >= 0.3 is 0 Å². The van der Waals surface area contributed by atoms with Crippen molar-refractivity contribution in [2.75, 3.05) is 39.4 Å². The van der Waals surface area contributed by atoms with E-state index in [1.807, 2.05) is 17.0 Å². The summed E-state index contributed by atoms with van der Waals surface area (Å²) in [5, 5.41) is 0. The van der Waals surface area contributed by atoms with Crippen molar-refractivity contribution < 1.29 is 17.9 Å². The van der Waals surface area contributed by atoms with E-state index in [-0.39, 0.29) is 17.9 Å². The van der Waals surface area contributed by atoms with Gasteiger partial charge in [0.1, 0.15) is 0 Å². The molecule has 0 spiro atoms. The number of pyridine rings is 1. The Balaban J connectivity index is 1.51. The summed E-state index contributed by atoms with van der Waals surface area (Å²) in [5.74, 6) is 0.244. The predicted molar refractivity (Wildman–Crippen MR) is 108 cm³/mol. The normalized spacial score (nSPS) is 24.8. The first-order valence-corrected chi connectivity index (χ1v) is 12.0. The van der Waals surface area contributed by atoms with Crippen LogP contribution in [-0.4, -0.2) is 78.3 Å². The molecule has 1 aromatic heterocycles. The molecule has 2 aliphatic heterocycles. The molecule has 1 aliphatic carbocycles. The molecular weight excluding hydrogens is 392 g/mol. The van der Waals surface area contributed by atoms with Crippen molar-refractivity contribution in [1.82, 2.24) is 18.5 Å². The topological polar surface area (TPSA) is 83.1 Å². The second kappa shape index (κ2) is 9.07. The van der Waals surface area contributed by atoms with Crippen molar-refractivity contribution in [3.05, 3.63) is 30.1 Å². The first kappa shape index (κ1) is 20.7. The molecule has 29 heavy (non-hydrogen) atoms. The van der Waals surface area contributed by atoms with Crippen LogP contribution in [-0.2, 0) is 26.3 Å². The lowest BCUT2D eigenvalue weighted by atomic mass is 9.83. The van der Waals surface area contributed by atoms with Gasteiger partial charge in [0.2, 0.25) is 5.91 Å². The minimum atomic E-state index is -3.53. The van der Waals surface area contributed by atoms with Crippen LogP contribution in [0.1, 0.15) is 37.7 Å². The summed E-state index contributed by atoms with van der Waals surface area (Å²) < 4.78 is 34.6. The summed E-state index contributed by atoms with van der Waals surface area (Å²) in [6, 6.07) is 3.74. The molecule has 160 valence electrons. The predicted octanol–water partition coefficient (Wildman–Crippen LogP) is 1.25. The van der Waals surface area contributed by atoms with Gasteiger partial charge in [-0.25, -0.2) is 0 Å². The van der Waals surface area contributed by atoms with Gasteiger partial charge in [-0.3, -0.25) is 9.78 Å². The van der Waals surface area contributed by atoms with Gasteiger partial charge in [0, 0.05) is 57.1 Å². The summed E-state index contributed by atoms with van der Waals surface area (Å²) in [6.07, 6.45) is 8.06. The highest BCUT2D eigenvalue weighted by Crippen LogP contribution is 2.31. The van der Waals surface area contributed by atoms with E-state index in [1.54, 1.807) is 16.7 Å². The maximum atomic E-state index is 13.2. The number of rotatable bonds is 6. The molecule has 1 unspecified atom stereocenters. The van der Waals surface area contributed by atoms with Gasteiger partial charge in [-0.2, -0.15) is 17.0 Å². The van der Waals surface area contributed by atoms with Crippen molar-refractivity contribution in [1.29, 1.82) is 0 Å². The quantitative estimate of drug-likeness (QED) is 0.689. The Bertz CT molecular complexity index is 794. The molecule has 8 nitrogen and oxygen atoms in total. The minimum Gasteiger partial charge on any atom is -0.379 e. The van der Waals surface area contributed by atoms with Gasteiger partial charge in [0.25, 0.3) is 10.2 Å². The van der Waals surface area contributed by atoms with Crippen LogP contribution in [0.2, 0.25) is 0 Å². The number of carbonyl (C=O) groups excluding carboxylic acids is 1. The van der Waals surface area contributed by atoms with Crippen LogP contribution in [0, 0.1) is 5.92 Å². The number of aromatic nitrogens is 1. The fourth-order valence-electron chi connectivity index (χ4n) is 4.29. The van der Waals surface area contributed by atoms with Crippen LogP contribution < -0.4 is 0 Å². The number of carbonyl (C=O) groups is 1. The summed E-state index contributed by atoms with van der Waals surface area (Å²) in [4.78, 5) is 19.3. The maximum absolute atomic E-state index is 13.2. The molecule has 9 heteroatoms. The average Bonchev–Trinajstić information content (AvgIpc) is 2.72. The van der Waals surface area contributed by atoms with Gasteiger partial charge in [0.05, 0.1) is 13.2 Å². The Morgan fingerprint density at radius 3 is 2.59 bits per heavy atom. The third-order valence-electron chi connectivity index (χ3n) is 6.24. The zero-order chi connectivity index (χ0) is 20.3. The van der Waals surface area contributed by atoms with E-state index in [2.05, 4.69) is 4.98 Å². The summed E-state index contributed by atoms with van der Waals surface area (Å²) >= 11 is 0. The minimum absolute atomic E-state index is 0.0814. The van der Waals surface area contributed by atoms with E-state index in [4.69, 9.17) is 4.74 Å². The van der Waals surface area contributed by atoms with E-state index in [1.165, 1.54) is 4.31 Å². The van der Waals surface area contributed by atoms with E-state index in [0.717, 1.165) is 37.7 Å². The summed E-state index contributed by atoms with van der Waals surface area (Å²) in [6.45, 7) is 3.01. The van der Waals surface area contributed by atoms with E-state index < -0.39 is 10.2 Å². The standard InChI is InChI=1S/C20H30N4O4S/c25-20(18-5-1-6-18)24(15-17-4-2-8-21-14-17)19-7-3-9-23(16-19)29(26,27)22-10-12-28-13-11-22/h2,4,8,14,18-19H,1,3,5-7,9-13,15-16H2. The highest BCUT2D eigenvalue weighted by molar-refractivity contribution is 7.86. The maximum Gasteiger partial charge on any atom is 0.282 e.